The molecule has 3 rings (SSSR count). The van der Waals surface area contributed by atoms with E-state index in [1.54, 1.807) is 18.2 Å². The SMILES string of the molecule is CCC(C)NC(=O)CCNC(=O)c1cccc(S(=O)(=O)N2CCc3ccccc32)c1. The zero-order valence-electron chi connectivity index (χ0n) is 17.2. The smallest absolute Gasteiger partial charge is 0.264 e. The molecular formula is C22H27N3O4S. The van der Waals surface area contributed by atoms with Crippen LogP contribution >= 0.6 is 0 Å². The Bertz CT molecular complexity index is 1040. The number of sulfonamides is 1. The molecule has 0 aliphatic carbocycles. The van der Waals surface area contributed by atoms with Crippen LogP contribution in [0.25, 0.3) is 0 Å². The van der Waals surface area contributed by atoms with Crippen molar-refractivity contribution in [1.29, 1.82) is 0 Å². The van der Waals surface area contributed by atoms with Crippen LogP contribution in [0.1, 0.15) is 42.6 Å². The molecule has 0 fully saturated rings. The van der Waals surface area contributed by atoms with E-state index in [1.807, 2.05) is 32.0 Å². The summed E-state index contributed by atoms with van der Waals surface area (Å²) in [6.07, 6.45) is 1.66. The summed E-state index contributed by atoms with van der Waals surface area (Å²) in [7, 11) is -3.77. The summed E-state index contributed by atoms with van der Waals surface area (Å²) < 4.78 is 27.7. The maximum Gasteiger partial charge on any atom is 0.264 e. The molecule has 2 aromatic carbocycles. The second-order valence-electron chi connectivity index (χ2n) is 7.37. The Labute approximate surface area is 177 Å². The van der Waals surface area contributed by atoms with Crippen molar-refractivity contribution < 1.29 is 18.0 Å². The molecule has 0 bridgehead atoms. The van der Waals surface area contributed by atoms with E-state index < -0.39 is 15.9 Å². The van der Waals surface area contributed by atoms with Gasteiger partial charge in [-0.2, -0.15) is 0 Å². The summed E-state index contributed by atoms with van der Waals surface area (Å²) in [6.45, 7) is 4.46. The lowest BCUT2D eigenvalue weighted by atomic mass is 10.2. The van der Waals surface area contributed by atoms with E-state index in [0.717, 1.165) is 12.0 Å². The van der Waals surface area contributed by atoms with E-state index in [-0.39, 0.29) is 35.4 Å². The number of fused-ring (bicyclic) bond motifs is 1. The molecule has 0 spiro atoms. The highest BCUT2D eigenvalue weighted by molar-refractivity contribution is 7.92. The second kappa shape index (κ2) is 9.30. The number of anilines is 1. The van der Waals surface area contributed by atoms with E-state index in [1.165, 1.54) is 16.4 Å². The molecule has 2 aromatic rings. The van der Waals surface area contributed by atoms with Gasteiger partial charge in [-0.25, -0.2) is 8.42 Å². The fourth-order valence-corrected chi connectivity index (χ4v) is 4.87. The zero-order valence-corrected chi connectivity index (χ0v) is 18.0. The van der Waals surface area contributed by atoms with Crippen molar-refractivity contribution >= 4 is 27.5 Å². The average Bonchev–Trinajstić information content (AvgIpc) is 3.18. The lowest BCUT2D eigenvalue weighted by molar-refractivity contribution is -0.121. The molecule has 2 N–H and O–H groups in total. The minimum absolute atomic E-state index is 0.0707. The molecule has 1 aliphatic rings. The highest BCUT2D eigenvalue weighted by Crippen LogP contribution is 2.32. The van der Waals surface area contributed by atoms with Crippen molar-refractivity contribution in [3.8, 4) is 0 Å². The van der Waals surface area contributed by atoms with Crippen molar-refractivity contribution in [2.45, 2.75) is 44.0 Å². The normalized spacial score (nSPS) is 14.1. The van der Waals surface area contributed by atoms with Crippen molar-refractivity contribution in [1.82, 2.24) is 10.6 Å². The van der Waals surface area contributed by atoms with Crippen LogP contribution in [0.2, 0.25) is 0 Å². The predicted molar refractivity (Wildman–Crippen MR) is 116 cm³/mol. The maximum absolute atomic E-state index is 13.1. The third-order valence-electron chi connectivity index (χ3n) is 5.19. The highest BCUT2D eigenvalue weighted by Gasteiger charge is 2.30. The molecule has 0 saturated heterocycles. The van der Waals surface area contributed by atoms with Crippen LogP contribution < -0.4 is 14.9 Å². The van der Waals surface area contributed by atoms with Gasteiger partial charge in [0.2, 0.25) is 5.91 Å². The molecule has 7 nitrogen and oxygen atoms in total. The molecule has 0 radical (unpaired) electrons. The Morgan fingerprint density at radius 3 is 2.67 bits per heavy atom. The van der Waals surface area contributed by atoms with Gasteiger partial charge >= 0.3 is 0 Å². The summed E-state index contributed by atoms with van der Waals surface area (Å²) in [5.74, 6) is -0.543. The number of hydrogen-bond acceptors (Lipinski definition) is 4. The van der Waals surface area contributed by atoms with E-state index >= 15 is 0 Å². The van der Waals surface area contributed by atoms with Crippen LogP contribution in [0, 0.1) is 0 Å². The summed E-state index contributed by atoms with van der Waals surface area (Å²) >= 11 is 0. The van der Waals surface area contributed by atoms with Gasteiger partial charge in [-0.15, -0.1) is 0 Å². The van der Waals surface area contributed by atoms with Gasteiger partial charge in [0.05, 0.1) is 10.6 Å². The van der Waals surface area contributed by atoms with E-state index in [0.29, 0.717) is 18.7 Å². The molecule has 1 aliphatic heterocycles. The molecule has 30 heavy (non-hydrogen) atoms. The number of amides is 2. The third-order valence-corrected chi connectivity index (χ3v) is 7.00. The molecule has 1 heterocycles. The van der Waals surface area contributed by atoms with Crippen molar-refractivity contribution in [3.63, 3.8) is 0 Å². The van der Waals surface area contributed by atoms with E-state index in [9.17, 15) is 18.0 Å². The van der Waals surface area contributed by atoms with Crippen LogP contribution in [-0.2, 0) is 21.2 Å². The Morgan fingerprint density at radius 2 is 1.90 bits per heavy atom. The predicted octanol–water partition coefficient (Wildman–Crippen LogP) is 2.47. The van der Waals surface area contributed by atoms with Crippen LogP contribution in [0.3, 0.4) is 0 Å². The minimum atomic E-state index is -3.77. The van der Waals surface area contributed by atoms with Gasteiger partial charge < -0.3 is 10.6 Å². The van der Waals surface area contributed by atoms with Gasteiger partial charge in [-0.3, -0.25) is 13.9 Å². The topological polar surface area (TPSA) is 95.6 Å². The molecule has 1 unspecified atom stereocenters. The Morgan fingerprint density at radius 1 is 1.13 bits per heavy atom. The third kappa shape index (κ3) is 4.81. The number of rotatable bonds is 8. The van der Waals surface area contributed by atoms with E-state index in [2.05, 4.69) is 10.6 Å². The Balaban J connectivity index is 1.67. The number of para-hydroxylation sites is 1. The van der Waals surface area contributed by atoms with Crippen molar-refractivity contribution in [2.75, 3.05) is 17.4 Å². The summed E-state index contributed by atoms with van der Waals surface area (Å²) in [5.41, 5.74) is 1.91. The van der Waals surface area contributed by atoms with Crippen LogP contribution in [0.4, 0.5) is 5.69 Å². The van der Waals surface area contributed by atoms with Gasteiger partial charge in [-0.05, 0) is 49.6 Å². The van der Waals surface area contributed by atoms with Gasteiger partial charge in [0.1, 0.15) is 0 Å². The quantitative estimate of drug-likeness (QED) is 0.674. The molecule has 1 atom stereocenters. The van der Waals surface area contributed by atoms with Crippen molar-refractivity contribution in [2.24, 2.45) is 0 Å². The van der Waals surface area contributed by atoms with Crippen LogP contribution in [0.15, 0.2) is 53.4 Å². The van der Waals surface area contributed by atoms with Gasteiger partial charge in [0.25, 0.3) is 15.9 Å². The van der Waals surface area contributed by atoms with Gasteiger partial charge in [0.15, 0.2) is 0 Å². The van der Waals surface area contributed by atoms with Crippen LogP contribution in [-0.4, -0.2) is 39.4 Å². The Kier molecular flexibility index (Phi) is 6.77. The van der Waals surface area contributed by atoms with Gasteiger partial charge in [0, 0.05) is 31.1 Å². The first-order valence-electron chi connectivity index (χ1n) is 10.1. The maximum atomic E-state index is 13.1. The molecule has 0 saturated carbocycles. The monoisotopic (exact) mass is 429 g/mol. The lowest BCUT2D eigenvalue weighted by Crippen LogP contribution is -2.35. The summed E-state index contributed by atoms with van der Waals surface area (Å²) in [5, 5.41) is 5.51. The first-order valence-corrected chi connectivity index (χ1v) is 11.5. The molecule has 160 valence electrons. The first-order chi connectivity index (χ1) is 14.3. The number of carbonyl (C=O) groups excluding carboxylic acids is 2. The molecule has 8 heteroatoms. The largest absolute Gasteiger partial charge is 0.354 e. The summed E-state index contributed by atoms with van der Waals surface area (Å²) in [4.78, 5) is 24.3. The number of hydrogen-bond donors (Lipinski definition) is 2. The lowest BCUT2D eigenvalue weighted by Gasteiger charge is -2.20. The zero-order chi connectivity index (χ0) is 21.7. The number of nitrogens with one attached hydrogen (secondary N) is 2. The minimum Gasteiger partial charge on any atom is -0.354 e. The first kappa shape index (κ1) is 21.8. The second-order valence-corrected chi connectivity index (χ2v) is 9.23. The molecular weight excluding hydrogens is 402 g/mol. The fraction of sp³-hybridized carbons (Fsp3) is 0.364. The van der Waals surface area contributed by atoms with Crippen molar-refractivity contribution in [3.05, 3.63) is 59.7 Å². The van der Waals surface area contributed by atoms with Gasteiger partial charge in [-0.1, -0.05) is 31.2 Å². The number of benzene rings is 2. The number of nitrogens with zero attached hydrogens (tertiary/aromatic N) is 1. The fourth-order valence-electron chi connectivity index (χ4n) is 3.32. The highest BCUT2D eigenvalue weighted by atomic mass is 32.2. The van der Waals surface area contributed by atoms with Crippen LogP contribution in [0.5, 0.6) is 0 Å². The number of carbonyl (C=O) groups is 2. The Hall–Kier alpha value is -2.87. The van der Waals surface area contributed by atoms with E-state index in [4.69, 9.17) is 0 Å². The molecule has 2 amide bonds. The summed E-state index contributed by atoms with van der Waals surface area (Å²) in [6, 6.07) is 13.5. The standard InChI is InChI=1S/C22H27N3O4S/c1-3-16(2)24-21(26)11-13-23-22(27)18-8-6-9-19(15-18)30(28,29)25-14-12-17-7-4-5-10-20(17)25/h4-10,15-16H,3,11-14H2,1-2H3,(H,23,27)(H,24,26). The molecule has 0 aromatic heterocycles. The average molecular weight is 430 g/mol.